The molecule has 0 spiro atoms. The van der Waals surface area contributed by atoms with E-state index in [0.29, 0.717) is 11.4 Å². The Morgan fingerprint density at radius 1 is 1.39 bits per heavy atom. The number of hydrogen-bond acceptors (Lipinski definition) is 4. The number of benzene rings is 1. The normalized spacial score (nSPS) is 12.1. The molecule has 2 aromatic rings. The molecule has 0 saturated carbocycles. The minimum absolute atomic E-state index is 0.0657. The van der Waals surface area contributed by atoms with E-state index in [1.54, 1.807) is 24.3 Å². The van der Waals surface area contributed by atoms with Crippen molar-refractivity contribution in [1.29, 1.82) is 0 Å². The lowest BCUT2D eigenvalue weighted by atomic mass is 10.1. The van der Waals surface area contributed by atoms with Crippen LogP contribution in [0.4, 0.5) is 0 Å². The number of tetrazole rings is 1. The van der Waals surface area contributed by atoms with Crippen LogP contribution in [0.15, 0.2) is 24.3 Å². The second-order valence-electron chi connectivity index (χ2n) is 4.10. The fourth-order valence-corrected chi connectivity index (χ4v) is 1.46. The summed E-state index contributed by atoms with van der Waals surface area (Å²) in [5.41, 5.74) is 1.45. The molecule has 0 fully saturated rings. The van der Waals surface area contributed by atoms with E-state index in [0.717, 1.165) is 12.0 Å². The van der Waals surface area contributed by atoms with Crippen molar-refractivity contribution in [3.63, 3.8) is 0 Å². The van der Waals surface area contributed by atoms with Crippen molar-refractivity contribution < 1.29 is 4.79 Å². The molecule has 0 aliphatic heterocycles. The third kappa shape index (κ3) is 2.71. The molecule has 1 aromatic carbocycles. The SMILES string of the molecule is CCC(C)NC(=O)c1ccc(-c2nn[nH]n2)cc1. The summed E-state index contributed by atoms with van der Waals surface area (Å²) in [6, 6.07) is 7.29. The molecule has 1 heterocycles. The van der Waals surface area contributed by atoms with Gasteiger partial charge in [0.05, 0.1) is 0 Å². The molecule has 1 aromatic heterocycles. The first kappa shape index (κ1) is 12.2. The number of nitrogens with zero attached hydrogens (tertiary/aromatic N) is 3. The van der Waals surface area contributed by atoms with Gasteiger partial charge in [0.1, 0.15) is 0 Å². The van der Waals surface area contributed by atoms with Gasteiger partial charge in [0.25, 0.3) is 5.91 Å². The van der Waals surface area contributed by atoms with Gasteiger partial charge in [-0.15, -0.1) is 10.2 Å². The molecule has 1 unspecified atom stereocenters. The molecule has 6 heteroatoms. The molecule has 6 nitrogen and oxygen atoms in total. The van der Waals surface area contributed by atoms with Gasteiger partial charge in [0, 0.05) is 17.2 Å². The third-order valence-electron chi connectivity index (χ3n) is 2.74. The van der Waals surface area contributed by atoms with Gasteiger partial charge in [0.2, 0.25) is 5.82 Å². The standard InChI is InChI=1S/C12H15N5O/c1-3-8(2)13-12(18)10-6-4-9(5-7-10)11-14-16-17-15-11/h4-8H,3H2,1-2H3,(H,13,18)(H,14,15,16,17). The number of aromatic amines is 1. The van der Waals surface area contributed by atoms with Crippen LogP contribution in [0.1, 0.15) is 30.6 Å². The predicted octanol–water partition coefficient (Wildman–Crippen LogP) is 1.39. The van der Waals surface area contributed by atoms with E-state index >= 15 is 0 Å². The summed E-state index contributed by atoms with van der Waals surface area (Å²) in [6.07, 6.45) is 0.909. The first-order valence-corrected chi connectivity index (χ1v) is 5.85. The summed E-state index contributed by atoms with van der Waals surface area (Å²) in [5, 5.41) is 16.5. The van der Waals surface area contributed by atoms with Crippen molar-refractivity contribution in [3.05, 3.63) is 29.8 Å². The Bertz CT molecular complexity index is 506. The van der Waals surface area contributed by atoms with E-state index in [-0.39, 0.29) is 11.9 Å². The van der Waals surface area contributed by atoms with Crippen molar-refractivity contribution >= 4 is 5.91 Å². The Hall–Kier alpha value is -2.24. The Morgan fingerprint density at radius 3 is 2.67 bits per heavy atom. The van der Waals surface area contributed by atoms with Gasteiger partial charge in [-0.3, -0.25) is 4.79 Å². The summed E-state index contributed by atoms with van der Waals surface area (Å²) in [5.74, 6) is 0.452. The van der Waals surface area contributed by atoms with Crippen molar-refractivity contribution in [2.45, 2.75) is 26.3 Å². The highest BCUT2D eigenvalue weighted by Gasteiger charge is 2.09. The Balaban J connectivity index is 2.10. The maximum atomic E-state index is 11.9. The number of aromatic nitrogens is 4. The first-order valence-electron chi connectivity index (χ1n) is 5.85. The van der Waals surface area contributed by atoms with Crippen molar-refractivity contribution in [3.8, 4) is 11.4 Å². The molecule has 1 amide bonds. The smallest absolute Gasteiger partial charge is 0.251 e. The second kappa shape index (κ2) is 5.39. The molecular weight excluding hydrogens is 230 g/mol. The average molecular weight is 245 g/mol. The van der Waals surface area contributed by atoms with Crippen LogP contribution in [0.3, 0.4) is 0 Å². The van der Waals surface area contributed by atoms with Gasteiger partial charge in [-0.05, 0) is 30.7 Å². The fraction of sp³-hybridized carbons (Fsp3) is 0.333. The molecule has 2 N–H and O–H groups in total. The van der Waals surface area contributed by atoms with Gasteiger partial charge >= 0.3 is 0 Å². The molecule has 0 bridgehead atoms. The van der Waals surface area contributed by atoms with Gasteiger partial charge < -0.3 is 5.32 Å². The largest absolute Gasteiger partial charge is 0.350 e. The topological polar surface area (TPSA) is 83.6 Å². The Morgan fingerprint density at radius 2 is 2.11 bits per heavy atom. The Labute approximate surface area is 105 Å². The van der Waals surface area contributed by atoms with E-state index in [4.69, 9.17) is 0 Å². The maximum Gasteiger partial charge on any atom is 0.251 e. The van der Waals surface area contributed by atoms with Gasteiger partial charge in [-0.25, -0.2) is 0 Å². The molecule has 18 heavy (non-hydrogen) atoms. The number of carbonyl (C=O) groups excluding carboxylic acids is 1. The van der Waals surface area contributed by atoms with Gasteiger partial charge in [-0.2, -0.15) is 5.21 Å². The van der Waals surface area contributed by atoms with E-state index in [1.165, 1.54) is 0 Å². The lowest BCUT2D eigenvalue weighted by Crippen LogP contribution is -2.31. The molecule has 94 valence electrons. The summed E-state index contributed by atoms with van der Waals surface area (Å²) in [6.45, 7) is 4.01. The maximum absolute atomic E-state index is 11.9. The lowest BCUT2D eigenvalue weighted by molar-refractivity contribution is 0.0939. The highest BCUT2D eigenvalue weighted by atomic mass is 16.1. The number of H-pyrrole nitrogens is 1. The second-order valence-corrected chi connectivity index (χ2v) is 4.10. The van der Waals surface area contributed by atoms with Gasteiger partial charge in [-0.1, -0.05) is 19.1 Å². The minimum atomic E-state index is -0.0657. The van der Waals surface area contributed by atoms with Crippen molar-refractivity contribution in [1.82, 2.24) is 25.9 Å². The van der Waals surface area contributed by atoms with E-state index in [9.17, 15) is 4.79 Å². The van der Waals surface area contributed by atoms with Crippen LogP contribution in [0.25, 0.3) is 11.4 Å². The third-order valence-corrected chi connectivity index (χ3v) is 2.74. The minimum Gasteiger partial charge on any atom is -0.350 e. The number of carbonyl (C=O) groups is 1. The molecule has 2 rings (SSSR count). The first-order chi connectivity index (χ1) is 8.70. The summed E-state index contributed by atoms with van der Waals surface area (Å²) in [7, 11) is 0. The highest BCUT2D eigenvalue weighted by Crippen LogP contribution is 2.13. The quantitative estimate of drug-likeness (QED) is 0.852. The number of amides is 1. The molecular formula is C12H15N5O. The van der Waals surface area contributed by atoms with Crippen LogP contribution < -0.4 is 5.32 Å². The number of rotatable bonds is 4. The van der Waals surface area contributed by atoms with Crippen LogP contribution in [0.5, 0.6) is 0 Å². The van der Waals surface area contributed by atoms with Crippen LogP contribution in [0, 0.1) is 0 Å². The number of hydrogen-bond donors (Lipinski definition) is 2. The molecule has 0 aliphatic carbocycles. The van der Waals surface area contributed by atoms with Crippen molar-refractivity contribution in [2.75, 3.05) is 0 Å². The molecule has 0 radical (unpaired) electrons. The fourth-order valence-electron chi connectivity index (χ4n) is 1.46. The van der Waals surface area contributed by atoms with Crippen LogP contribution >= 0.6 is 0 Å². The monoisotopic (exact) mass is 245 g/mol. The molecule has 0 saturated heterocycles. The predicted molar refractivity (Wildman–Crippen MR) is 66.8 cm³/mol. The lowest BCUT2D eigenvalue weighted by Gasteiger charge is -2.11. The molecule has 1 atom stereocenters. The molecule has 0 aliphatic rings. The van der Waals surface area contributed by atoms with Crippen LogP contribution in [0.2, 0.25) is 0 Å². The Kier molecular flexibility index (Phi) is 3.66. The van der Waals surface area contributed by atoms with Crippen LogP contribution in [-0.2, 0) is 0 Å². The van der Waals surface area contributed by atoms with Crippen LogP contribution in [-0.4, -0.2) is 32.6 Å². The van der Waals surface area contributed by atoms with Gasteiger partial charge in [0.15, 0.2) is 0 Å². The average Bonchev–Trinajstić information content (AvgIpc) is 2.92. The number of nitrogens with one attached hydrogen (secondary N) is 2. The van der Waals surface area contributed by atoms with Crippen molar-refractivity contribution in [2.24, 2.45) is 0 Å². The summed E-state index contributed by atoms with van der Waals surface area (Å²) >= 11 is 0. The zero-order valence-corrected chi connectivity index (χ0v) is 10.3. The zero-order valence-electron chi connectivity index (χ0n) is 10.3. The van der Waals surface area contributed by atoms with E-state index in [2.05, 4.69) is 25.9 Å². The summed E-state index contributed by atoms with van der Waals surface area (Å²) < 4.78 is 0. The van der Waals surface area contributed by atoms with E-state index in [1.807, 2.05) is 13.8 Å². The summed E-state index contributed by atoms with van der Waals surface area (Å²) in [4.78, 5) is 11.9. The zero-order chi connectivity index (χ0) is 13.0. The highest BCUT2D eigenvalue weighted by molar-refractivity contribution is 5.94. The van der Waals surface area contributed by atoms with E-state index < -0.39 is 0 Å².